The Balaban J connectivity index is 2.77. The van der Waals surface area contributed by atoms with Gasteiger partial charge in [0.2, 0.25) is 0 Å². The van der Waals surface area contributed by atoms with Crippen LogP contribution in [0.5, 0.6) is 0 Å². The number of hydrogen-bond acceptors (Lipinski definition) is 2. The molecule has 0 radical (unpaired) electrons. The van der Waals surface area contributed by atoms with Gasteiger partial charge in [0.25, 0.3) is 0 Å². The fraction of sp³-hybridized carbons (Fsp3) is 0.538. The fourth-order valence-electron chi connectivity index (χ4n) is 2.02. The van der Waals surface area contributed by atoms with Gasteiger partial charge < -0.3 is 0 Å². The Labute approximate surface area is 101 Å². The van der Waals surface area contributed by atoms with Crippen LogP contribution in [0.15, 0.2) is 18.2 Å². The molecule has 0 aliphatic rings. The number of nitrogens with one attached hydrogen (secondary N) is 1. The van der Waals surface area contributed by atoms with Crippen LogP contribution in [0, 0.1) is 17.6 Å². The van der Waals surface area contributed by atoms with Crippen molar-refractivity contribution in [1.29, 1.82) is 0 Å². The highest BCUT2D eigenvalue weighted by Gasteiger charge is 2.18. The van der Waals surface area contributed by atoms with Crippen molar-refractivity contribution in [3.05, 3.63) is 35.4 Å². The topological polar surface area (TPSA) is 38.0 Å². The van der Waals surface area contributed by atoms with Gasteiger partial charge in [-0.25, -0.2) is 8.78 Å². The number of nitrogens with two attached hydrogens (primary N) is 1. The summed E-state index contributed by atoms with van der Waals surface area (Å²) in [5.74, 6) is 4.23. The van der Waals surface area contributed by atoms with E-state index in [4.69, 9.17) is 5.84 Å². The van der Waals surface area contributed by atoms with Crippen molar-refractivity contribution in [2.75, 3.05) is 0 Å². The Bertz CT molecular complexity index is 355. The molecule has 0 heterocycles. The van der Waals surface area contributed by atoms with Crippen LogP contribution < -0.4 is 11.3 Å². The Morgan fingerprint density at radius 2 is 2.06 bits per heavy atom. The van der Waals surface area contributed by atoms with Crippen LogP contribution in [0.1, 0.15) is 32.3 Å². The van der Waals surface area contributed by atoms with Crippen LogP contribution in [0.4, 0.5) is 8.78 Å². The van der Waals surface area contributed by atoms with Gasteiger partial charge in [0.15, 0.2) is 11.6 Å². The molecule has 3 N–H and O–H groups in total. The van der Waals surface area contributed by atoms with Gasteiger partial charge in [-0.1, -0.05) is 32.4 Å². The zero-order chi connectivity index (χ0) is 12.8. The smallest absolute Gasteiger partial charge is 0.162 e. The van der Waals surface area contributed by atoms with Gasteiger partial charge in [-0.05, 0) is 30.4 Å². The molecule has 0 aliphatic heterocycles. The molecule has 0 fully saturated rings. The molecule has 1 aromatic rings. The molecule has 1 rings (SSSR count). The predicted octanol–water partition coefficient (Wildman–Crippen LogP) is 2.78. The molecule has 0 amide bonds. The van der Waals surface area contributed by atoms with E-state index in [-0.39, 0.29) is 6.04 Å². The maximum absolute atomic E-state index is 13.5. The van der Waals surface area contributed by atoms with E-state index in [0.29, 0.717) is 17.9 Å². The minimum atomic E-state index is -0.804. The van der Waals surface area contributed by atoms with Gasteiger partial charge in [0.1, 0.15) is 0 Å². The summed E-state index contributed by atoms with van der Waals surface area (Å²) in [5, 5.41) is 0. The summed E-state index contributed by atoms with van der Waals surface area (Å²) in [6.07, 6.45) is 2.46. The third-order valence-corrected chi connectivity index (χ3v) is 3.12. The Morgan fingerprint density at radius 1 is 1.35 bits per heavy atom. The van der Waals surface area contributed by atoms with E-state index in [2.05, 4.69) is 19.3 Å². The minimum absolute atomic E-state index is 0.0359. The lowest BCUT2D eigenvalue weighted by Crippen LogP contribution is -2.41. The summed E-state index contributed by atoms with van der Waals surface area (Å²) in [6.45, 7) is 4.15. The summed E-state index contributed by atoms with van der Waals surface area (Å²) < 4.78 is 26.6. The van der Waals surface area contributed by atoms with Crippen molar-refractivity contribution in [2.24, 2.45) is 11.8 Å². The molecule has 0 saturated heterocycles. The van der Waals surface area contributed by atoms with Crippen LogP contribution in [-0.4, -0.2) is 6.04 Å². The second kappa shape index (κ2) is 6.67. The number of hydrogen-bond donors (Lipinski definition) is 2. The first-order valence-corrected chi connectivity index (χ1v) is 5.99. The molecule has 2 atom stereocenters. The number of halogens is 2. The molecule has 96 valence electrons. The van der Waals surface area contributed by atoms with E-state index in [1.165, 1.54) is 6.07 Å². The first-order valence-electron chi connectivity index (χ1n) is 5.99. The third kappa shape index (κ3) is 3.75. The second-order valence-electron chi connectivity index (χ2n) is 4.46. The summed E-state index contributed by atoms with van der Waals surface area (Å²) in [4.78, 5) is 0. The number of benzene rings is 1. The average Bonchev–Trinajstić information content (AvgIpc) is 2.31. The lowest BCUT2D eigenvalue weighted by molar-refractivity contribution is 0.351. The highest BCUT2D eigenvalue weighted by molar-refractivity contribution is 5.20. The quantitative estimate of drug-likeness (QED) is 0.594. The van der Waals surface area contributed by atoms with E-state index in [1.807, 2.05) is 0 Å². The maximum Gasteiger partial charge on any atom is 0.162 e. The Hall–Kier alpha value is -1.00. The largest absolute Gasteiger partial charge is 0.271 e. The van der Waals surface area contributed by atoms with E-state index in [9.17, 15) is 8.78 Å². The monoisotopic (exact) mass is 242 g/mol. The van der Waals surface area contributed by atoms with Crippen molar-refractivity contribution >= 4 is 0 Å². The Kier molecular flexibility index (Phi) is 5.51. The lowest BCUT2D eigenvalue weighted by Gasteiger charge is -2.23. The third-order valence-electron chi connectivity index (χ3n) is 3.12. The van der Waals surface area contributed by atoms with Gasteiger partial charge >= 0.3 is 0 Å². The lowest BCUT2D eigenvalue weighted by atomic mass is 9.92. The molecule has 2 nitrogen and oxygen atoms in total. The van der Waals surface area contributed by atoms with E-state index >= 15 is 0 Å². The first-order chi connectivity index (χ1) is 8.10. The van der Waals surface area contributed by atoms with Crippen LogP contribution in [0.3, 0.4) is 0 Å². The zero-order valence-electron chi connectivity index (χ0n) is 10.3. The molecule has 2 unspecified atom stereocenters. The highest BCUT2D eigenvalue weighted by atomic mass is 19.2. The summed E-state index contributed by atoms with van der Waals surface area (Å²) in [5.41, 5.74) is 3.06. The molecular weight excluding hydrogens is 222 g/mol. The highest BCUT2D eigenvalue weighted by Crippen LogP contribution is 2.18. The molecule has 0 spiro atoms. The standard InChI is InChI=1S/C13H20F2N2/c1-3-5-9(2)12(17-16)8-10-6-4-7-11(14)13(10)15/h4,6-7,9,12,17H,3,5,8,16H2,1-2H3. The normalized spacial score (nSPS) is 14.6. The van der Waals surface area contributed by atoms with Crippen molar-refractivity contribution in [3.8, 4) is 0 Å². The Morgan fingerprint density at radius 3 is 2.65 bits per heavy atom. The van der Waals surface area contributed by atoms with Crippen molar-refractivity contribution in [1.82, 2.24) is 5.43 Å². The van der Waals surface area contributed by atoms with E-state index in [1.54, 1.807) is 6.07 Å². The number of rotatable bonds is 6. The molecule has 4 heteroatoms. The van der Waals surface area contributed by atoms with Crippen molar-refractivity contribution in [2.45, 2.75) is 39.2 Å². The minimum Gasteiger partial charge on any atom is -0.271 e. The summed E-state index contributed by atoms with van der Waals surface area (Å²) in [7, 11) is 0. The van der Waals surface area contributed by atoms with Gasteiger partial charge in [0, 0.05) is 6.04 Å². The summed E-state index contributed by atoms with van der Waals surface area (Å²) >= 11 is 0. The molecule has 0 bridgehead atoms. The van der Waals surface area contributed by atoms with Gasteiger partial charge in [0.05, 0.1) is 0 Å². The van der Waals surface area contributed by atoms with Gasteiger partial charge in [-0.2, -0.15) is 0 Å². The van der Waals surface area contributed by atoms with Crippen molar-refractivity contribution < 1.29 is 8.78 Å². The van der Waals surface area contributed by atoms with Gasteiger partial charge in [-0.15, -0.1) is 0 Å². The zero-order valence-corrected chi connectivity index (χ0v) is 10.3. The fourth-order valence-corrected chi connectivity index (χ4v) is 2.02. The van der Waals surface area contributed by atoms with Crippen LogP contribution in [0.25, 0.3) is 0 Å². The van der Waals surface area contributed by atoms with E-state index < -0.39 is 11.6 Å². The van der Waals surface area contributed by atoms with E-state index in [0.717, 1.165) is 18.9 Å². The molecule has 17 heavy (non-hydrogen) atoms. The molecule has 0 aliphatic carbocycles. The van der Waals surface area contributed by atoms with Crippen LogP contribution >= 0.6 is 0 Å². The SMILES string of the molecule is CCCC(C)C(Cc1cccc(F)c1F)NN. The molecule has 1 aromatic carbocycles. The van der Waals surface area contributed by atoms with Crippen LogP contribution in [0.2, 0.25) is 0 Å². The summed E-state index contributed by atoms with van der Waals surface area (Å²) in [6, 6.07) is 4.21. The number of hydrazine groups is 1. The van der Waals surface area contributed by atoms with Gasteiger partial charge in [-0.3, -0.25) is 11.3 Å². The molecular formula is C13H20F2N2. The predicted molar refractivity (Wildman–Crippen MR) is 65.2 cm³/mol. The first kappa shape index (κ1) is 14.1. The molecule has 0 saturated carbocycles. The van der Waals surface area contributed by atoms with Crippen molar-refractivity contribution in [3.63, 3.8) is 0 Å². The second-order valence-corrected chi connectivity index (χ2v) is 4.46. The molecule has 0 aromatic heterocycles. The maximum atomic E-state index is 13.5. The average molecular weight is 242 g/mol. The van der Waals surface area contributed by atoms with Crippen LogP contribution in [-0.2, 0) is 6.42 Å².